The predicted molar refractivity (Wildman–Crippen MR) is 128 cm³/mol. The van der Waals surface area contributed by atoms with Gasteiger partial charge in [-0.2, -0.15) is 0 Å². The minimum atomic E-state index is -0.811. The zero-order valence-corrected chi connectivity index (χ0v) is 19.9. The lowest BCUT2D eigenvalue weighted by molar-refractivity contribution is -0.303. The van der Waals surface area contributed by atoms with E-state index in [0.29, 0.717) is 23.4 Å². The minimum Gasteiger partial charge on any atom is -0.495 e. The molecule has 32 heavy (non-hydrogen) atoms. The SMILES string of the molecule is C=CCOc1ccc(CN2C3CCC4C(O)(c5ccc(Cl)c(OC)c5)CC42C3)c(C)c1C. The van der Waals surface area contributed by atoms with Crippen LogP contribution in [0.1, 0.15) is 47.9 Å². The summed E-state index contributed by atoms with van der Waals surface area (Å²) < 4.78 is 11.2. The van der Waals surface area contributed by atoms with Crippen LogP contribution < -0.4 is 9.47 Å². The molecule has 5 rings (SSSR count). The third kappa shape index (κ3) is 3.03. The molecule has 170 valence electrons. The molecule has 1 aliphatic carbocycles. The standard InChI is InChI=1S/C27H32ClNO3/c1-5-12-32-23-10-6-19(17(2)18(23)3)15-29-21-8-11-25-26(29,14-21)16-27(25,30)20-7-9-22(28)24(13-20)31-4/h5-7,9-10,13,21,25,30H,1,8,11-12,14-16H2,2-4H3. The van der Waals surface area contributed by atoms with Gasteiger partial charge in [0.2, 0.25) is 0 Å². The minimum absolute atomic E-state index is 0.100. The van der Waals surface area contributed by atoms with Crippen LogP contribution in [0.25, 0.3) is 0 Å². The van der Waals surface area contributed by atoms with Gasteiger partial charge in [0.25, 0.3) is 0 Å². The van der Waals surface area contributed by atoms with Crippen LogP contribution in [0.5, 0.6) is 11.5 Å². The van der Waals surface area contributed by atoms with Crippen LogP contribution in [-0.4, -0.2) is 35.3 Å². The highest BCUT2D eigenvalue weighted by Crippen LogP contribution is 2.68. The monoisotopic (exact) mass is 453 g/mol. The van der Waals surface area contributed by atoms with Crippen molar-refractivity contribution in [2.45, 2.75) is 63.3 Å². The van der Waals surface area contributed by atoms with Crippen LogP contribution in [0, 0.1) is 19.8 Å². The molecule has 3 fully saturated rings. The molecule has 1 spiro atoms. The Kier molecular flexibility index (Phi) is 5.31. The van der Waals surface area contributed by atoms with E-state index in [9.17, 15) is 5.11 Å². The molecule has 4 nitrogen and oxygen atoms in total. The van der Waals surface area contributed by atoms with Crippen molar-refractivity contribution in [3.63, 3.8) is 0 Å². The zero-order valence-electron chi connectivity index (χ0n) is 19.2. The number of fused-ring (bicyclic) bond motifs is 1. The van der Waals surface area contributed by atoms with Gasteiger partial charge in [0, 0.05) is 24.0 Å². The largest absolute Gasteiger partial charge is 0.495 e. The lowest BCUT2D eigenvalue weighted by Crippen LogP contribution is -2.82. The van der Waals surface area contributed by atoms with E-state index in [0.717, 1.165) is 37.1 Å². The van der Waals surface area contributed by atoms with Crippen molar-refractivity contribution in [3.8, 4) is 11.5 Å². The van der Waals surface area contributed by atoms with Crippen molar-refractivity contribution >= 4 is 11.6 Å². The van der Waals surface area contributed by atoms with Crippen molar-refractivity contribution in [3.05, 3.63) is 70.3 Å². The number of piperidine rings is 1. The van der Waals surface area contributed by atoms with Crippen molar-refractivity contribution in [2.75, 3.05) is 13.7 Å². The lowest BCUT2D eigenvalue weighted by Gasteiger charge is -2.76. The molecule has 4 atom stereocenters. The molecular formula is C27H32ClNO3. The van der Waals surface area contributed by atoms with Gasteiger partial charge in [-0.3, -0.25) is 4.90 Å². The van der Waals surface area contributed by atoms with E-state index in [1.807, 2.05) is 18.2 Å². The molecular weight excluding hydrogens is 422 g/mol. The van der Waals surface area contributed by atoms with Crippen LogP contribution in [0.2, 0.25) is 5.02 Å². The molecule has 1 N–H and O–H groups in total. The first-order chi connectivity index (χ1) is 15.3. The number of halogens is 1. The molecule has 2 aliphatic heterocycles. The summed E-state index contributed by atoms with van der Waals surface area (Å²) in [5, 5.41) is 12.3. The maximum absolute atomic E-state index is 11.7. The van der Waals surface area contributed by atoms with Crippen LogP contribution >= 0.6 is 11.6 Å². The third-order valence-electron chi connectivity index (χ3n) is 8.39. The fourth-order valence-corrected chi connectivity index (χ4v) is 6.78. The van der Waals surface area contributed by atoms with Crippen LogP contribution in [0.3, 0.4) is 0 Å². The molecule has 2 saturated heterocycles. The summed E-state index contributed by atoms with van der Waals surface area (Å²) in [4.78, 5) is 2.66. The molecule has 2 bridgehead atoms. The lowest BCUT2D eigenvalue weighted by atomic mass is 9.43. The number of aliphatic hydroxyl groups is 1. The molecule has 2 heterocycles. The van der Waals surface area contributed by atoms with Crippen LogP contribution in [0.4, 0.5) is 0 Å². The Morgan fingerprint density at radius 1 is 1.19 bits per heavy atom. The van der Waals surface area contributed by atoms with Gasteiger partial charge in [0.1, 0.15) is 18.1 Å². The normalized spacial score (nSPS) is 30.7. The Balaban J connectivity index is 1.38. The van der Waals surface area contributed by atoms with Gasteiger partial charge in [-0.15, -0.1) is 0 Å². The molecule has 0 aromatic heterocycles. The first-order valence-electron chi connectivity index (χ1n) is 11.5. The number of nitrogens with zero attached hydrogens (tertiary/aromatic N) is 1. The average molecular weight is 454 g/mol. The van der Waals surface area contributed by atoms with Crippen LogP contribution in [0.15, 0.2) is 43.0 Å². The summed E-state index contributed by atoms with van der Waals surface area (Å²) in [7, 11) is 1.62. The maximum Gasteiger partial charge on any atom is 0.137 e. The fourth-order valence-electron chi connectivity index (χ4n) is 6.58. The number of methoxy groups -OCH3 is 1. The van der Waals surface area contributed by atoms with E-state index >= 15 is 0 Å². The number of ether oxygens (including phenoxy) is 2. The van der Waals surface area contributed by atoms with Crippen molar-refractivity contribution < 1.29 is 14.6 Å². The first-order valence-corrected chi connectivity index (χ1v) is 11.9. The quantitative estimate of drug-likeness (QED) is 0.558. The van der Waals surface area contributed by atoms with Crippen LogP contribution in [-0.2, 0) is 12.1 Å². The van der Waals surface area contributed by atoms with Gasteiger partial charge >= 0.3 is 0 Å². The topological polar surface area (TPSA) is 41.9 Å². The number of benzene rings is 2. The second kappa shape index (κ2) is 7.79. The summed E-state index contributed by atoms with van der Waals surface area (Å²) in [5.41, 5.74) is 4.05. The van der Waals surface area contributed by atoms with Gasteiger partial charge in [-0.25, -0.2) is 0 Å². The van der Waals surface area contributed by atoms with Gasteiger partial charge in [0.15, 0.2) is 0 Å². The van der Waals surface area contributed by atoms with E-state index in [1.54, 1.807) is 13.2 Å². The van der Waals surface area contributed by atoms with E-state index in [-0.39, 0.29) is 11.5 Å². The summed E-state index contributed by atoms with van der Waals surface area (Å²) in [6.45, 7) is 9.50. The Morgan fingerprint density at radius 3 is 2.75 bits per heavy atom. The second-order valence-electron chi connectivity index (χ2n) is 9.74. The first kappa shape index (κ1) is 21.8. The van der Waals surface area contributed by atoms with E-state index < -0.39 is 5.60 Å². The van der Waals surface area contributed by atoms with Gasteiger partial charge in [-0.05, 0) is 80.0 Å². The Bertz CT molecular complexity index is 1070. The summed E-state index contributed by atoms with van der Waals surface area (Å²) in [5.74, 6) is 1.80. The Morgan fingerprint density at radius 2 is 2.00 bits per heavy atom. The van der Waals surface area contributed by atoms with Crippen molar-refractivity contribution in [1.29, 1.82) is 0 Å². The van der Waals surface area contributed by atoms with E-state index in [2.05, 4.69) is 37.5 Å². The summed E-state index contributed by atoms with van der Waals surface area (Å²) in [6, 6.07) is 10.6. The number of hydrogen-bond acceptors (Lipinski definition) is 4. The van der Waals surface area contributed by atoms with Crippen molar-refractivity contribution in [2.24, 2.45) is 5.92 Å². The van der Waals surface area contributed by atoms with E-state index in [1.165, 1.54) is 23.1 Å². The maximum atomic E-state index is 11.7. The smallest absolute Gasteiger partial charge is 0.137 e. The highest BCUT2D eigenvalue weighted by Gasteiger charge is 2.73. The summed E-state index contributed by atoms with van der Waals surface area (Å²) >= 11 is 6.23. The second-order valence-corrected chi connectivity index (χ2v) is 10.1. The van der Waals surface area contributed by atoms with Gasteiger partial charge < -0.3 is 14.6 Å². The predicted octanol–water partition coefficient (Wildman–Crippen LogP) is 5.54. The van der Waals surface area contributed by atoms with Crippen molar-refractivity contribution in [1.82, 2.24) is 4.90 Å². The molecule has 1 saturated carbocycles. The Hall–Kier alpha value is -2.01. The number of rotatable bonds is 7. The molecule has 0 amide bonds. The molecule has 2 aromatic carbocycles. The number of hydrogen-bond donors (Lipinski definition) is 1. The summed E-state index contributed by atoms with van der Waals surface area (Å²) in [6.07, 6.45) is 5.93. The molecule has 2 aromatic rings. The molecule has 5 heteroatoms. The third-order valence-corrected chi connectivity index (χ3v) is 8.70. The highest BCUT2D eigenvalue weighted by molar-refractivity contribution is 6.32. The highest BCUT2D eigenvalue weighted by atomic mass is 35.5. The Labute approximate surface area is 195 Å². The van der Waals surface area contributed by atoms with Gasteiger partial charge in [-0.1, -0.05) is 36.4 Å². The van der Waals surface area contributed by atoms with E-state index in [4.69, 9.17) is 21.1 Å². The average Bonchev–Trinajstić information content (AvgIpc) is 2.78. The van der Waals surface area contributed by atoms with Gasteiger partial charge in [0.05, 0.1) is 17.7 Å². The molecule has 4 unspecified atom stereocenters. The zero-order chi connectivity index (χ0) is 22.7. The molecule has 3 aliphatic rings. The fraction of sp³-hybridized carbons (Fsp3) is 0.481. The molecule has 0 radical (unpaired) electrons.